The average Bonchev–Trinajstić information content (AvgIpc) is 3.07. The van der Waals surface area contributed by atoms with Crippen molar-refractivity contribution in [3.8, 4) is 11.5 Å². The lowest BCUT2D eigenvalue weighted by Crippen LogP contribution is -2.33. The van der Waals surface area contributed by atoms with Crippen LogP contribution >= 0.6 is 0 Å². The summed E-state index contributed by atoms with van der Waals surface area (Å²) in [6, 6.07) is 5.80. The highest BCUT2D eigenvalue weighted by atomic mass is 16.5. The highest BCUT2D eigenvalue weighted by Crippen LogP contribution is 2.49. The van der Waals surface area contributed by atoms with E-state index in [0.717, 1.165) is 58.8 Å². The van der Waals surface area contributed by atoms with Crippen molar-refractivity contribution >= 4 is 5.71 Å². The molecule has 1 aromatic heterocycles. The predicted molar refractivity (Wildman–Crippen MR) is 109 cm³/mol. The van der Waals surface area contributed by atoms with Crippen molar-refractivity contribution in [3.63, 3.8) is 0 Å². The average molecular weight is 380 g/mol. The molecular weight excluding hydrogens is 352 g/mol. The van der Waals surface area contributed by atoms with Gasteiger partial charge in [-0.25, -0.2) is 0 Å². The summed E-state index contributed by atoms with van der Waals surface area (Å²) in [6.07, 6.45) is 6.63. The molecule has 0 amide bonds. The van der Waals surface area contributed by atoms with Crippen LogP contribution in [0.25, 0.3) is 0 Å². The molecule has 0 bridgehead atoms. The van der Waals surface area contributed by atoms with Crippen LogP contribution in [-0.4, -0.2) is 24.0 Å². The molecule has 0 aliphatic carbocycles. The minimum absolute atomic E-state index is 0.197. The highest BCUT2D eigenvalue weighted by molar-refractivity contribution is 6.16. The maximum atomic E-state index is 11.6. The molecule has 148 valence electrons. The van der Waals surface area contributed by atoms with Crippen LogP contribution in [0.2, 0.25) is 0 Å². The third-order valence-corrected chi connectivity index (χ3v) is 6.10. The van der Waals surface area contributed by atoms with Gasteiger partial charge in [0.05, 0.1) is 18.4 Å². The summed E-state index contributed by atoms with van der Waals surface area (Å²) in [4.78, 5) is 5.10. The number of hydrogen-bond acceptors (Lipinski definition) is 4. The zero-order chi connectivity index (χ0) is 20.1. The first kappa shape index (κ1) is 18.8. The second kappa shape index (κ2) is 6.50. The Hall–Kier alpha value is -2.56. The number of aromatic nitrogens is 1. The molecule has 1 aromatic carbocycles. The van der Waals surface area contributed by atoms with Gasteiger partial charge in [-0.3, -0.25) is 4.99 Å². The van der Waals surface area contributed by atoms with Crippen LogP contribution < -0.4 is 14.2 Å². The van der Waals surface area contributed by atoms with Gasteiger partial charge in [0.2, 0.25) is 0 Å². The molecule has 0 atom stereocenters. The topological polar surface area (TPSA) is 57.8 Å². The lowest BCUT2D eigenvalue weighted by Gasteiger charge is -2.30. The van der Waals surface area contributed by atoms with Crippen LogP contribution in [0, 0.1) is 5.21 Å². The van der Waals surface area contributed by atoms with E-state index in [2.05, 4.69) is 33.8 Å². The van der Waals surface area contributed by atoms with Gasteiger partial charge in [0.15, 0.2) is 23.9 Å². The Morgan fingerprint density at radius 3 is 2.46 bits per heavy atom. The third-order valence-electron chi connectivity index (χ3n) is 6.10. The Labute approximate surface area is 166 Å². The van der Waals surface area contributed by atoms with Gasteiger partial charge in [0.25, 0.3) is 0 Å². The molecule has 2 aliphatic heterocycles. The lowest BCUT2D eigenvalue weighted by atomic mass is 9.80. The van der Waals surface area contributed by atoms with E-state index in [1.54, 1.807) is 7.11 Å². The molecule has 2 aliphatic rings. The molecule has 5 nitrogen and oxygen atoms in total. The molecular formula is C23H28N2O3. The van der Waals surface area contributed by atoms with Gasteiger partial charge in [-0.1, -0.05) is 13.8 Å². The number of ether oxygens (including phenoxy) is 2. The summed E-state index contributed by atoms with van der Waals surface area (Å²) in [5.41, 5.74) is 5.05. The van der Waals surface area contributed by atoms with Crippen molar-refractivity contribution in [1.29, 1.82) is 0 Å². The van der Waals surface area contributed by atoms with Crippen molar-refractivity contribution < 1.29 is 14.2 Å². The molecule has 5 heteroatoms. The summed E-state index contributed by atoms with van der Waals surface area (Å²) < 4.78 is 13.0. The fraction of sp³-hybridized carbons (Fsp3) is 0.478. The minimum Gasteiger partial charge on any atom is -0.619 e. The Kier molecular flexibility index (Phi) is 4.36. The van der Waals surface area contributed by atoms with Gasteiger partial charge >= 0.3 is 0 Å². The first-order valence-corrected chi connectivity index (χ1v) is 10.0. The molecule has 0 unspecified atom stereocenters. The number of benzene rings is 1. The van der Waals surface area contributed by atoms with Gasteiger partial charge in [-0.15, -0.1) is 0 Å². The SMILES string of the molecule is CCC1(CC)Cc2c(c(OC)cc3c2C(c2cc[n+]([O-])cc2)=NC(C)(C)C3)O1. The van der Waals surface area contributed by atoms with Crippen LogP contribution in [-0.2, 0) is 12.8 Å². The second-order valence-electron chi connectivity index (χ2n) is 8.49. The van der Waals surface area contributed by atoms with Crippen molar-refractivity contribution in [3.05, 3.63) is 58.1 Å². The number of rotatable bonds is 4. The largest absolute Gasteiger partial charge is 0.619 e. The van der Waals surface area contributed by atoms with E-state index in [4.69, 9.17) is 14.5 Å². The third kappa shape index (κ3) is 2.93. The summed E-state index contributed by atoms with van der Waals surface area (Å²) in [6.45, 7) is 8.64. The number of fused-ring (bicyclic) bond motifs is 3. The van der Waals surface area contributed by atoms with E-state index in [1.807, 2.05) is 12.1 Å². The molecule has 4 rings (SSSR count). The maximum Gasteiger partial charge on any atom is 0.181 e. The first-order chi connectivity index (χ1) is 13.3. The van der Waals surface area contributed by atoms with Gasteiger partial charge < -0.3 is 14.7 Å². The molecule has 0 saturated carbocycles. The van der Waals surface area contributed by atoms with E-state index in [-0.39, 0.29) is 11.1 Å². The van der Waals surface area contributed by atoms with Crippen LogP contribution in [0.3, 0.4) is 0 Å². The predicted octanol–water partition coefficient (Wildman–Crippen LogP) is 3.99. The number of methoxy groups -OCH3 is 1. The maximum absolute atomic E-state index is 11.6. The van der Waals surface area contributed by atoms with Crippen LogP contribution in [0.15, 0.2) is 35.6 Å². The molecule has 28 heavy (non-hydrogen) atoms. The van der Waals surface area contributed by atoms with Gasteiger partial charge in [0.1, 0.15) is 5.60 Å². The molecule has 0 saturated heterocycles. The number of aliphatic imine (C=N–C) groups is 1. The van der Waals surface area contributed by atoms with E-state index in [1.165, 1.54) is 23.5 Å². The lowest BCUT2D eigenvalue weighted by molar-refractivity contribution is -0.605. The normalized spacial score (nSPS) is 18.7. The zero-order valence-corrected chi connectivity index (χ0v) is 17.3. The van der Waals surface area contributed by atoms with E-state index in [0.29, 0.717) is 0 Å². The van der Waals surface area contributed by atoms with Crippen molar-refractivity contribution in [1.82, 2.24) is 0 Å². The highest BCUT2D eigenvalue weighted by Gasteiger charge is 2.42. The second-order valence-corrected chi connectivity index (χ2v) is 8.49. The van der Waals surface area contributed by atoms with Crippen LogP contribution in [0.4, 0.5) is 0 Å². The fourth-order valence-corrected chi connectivity index (χ4v) is 4.48. The summed E-state index contributed by atoms with van der Waals surface area (Å²) in [5, 5.41) is 11.6. The minimum atomic E-state index is -0.225. The molecule has 0 radical (unpaired) electrons. The summed E-state index contributed by atoms with van der Waals surface area (Å²) in [5.74, 6) is 1.66. The van der Waals surface area contributed by atoms with E-state index in [9.17, 15) is 5.21 Å². The quantitative estimate of drug-likeness (QED) is 0.595. The number of hydrogen-bond donors (Lipinski definition) is 0. The van der Waals surface area contributed by atoms with Gasteiger partial charge in [0, 0.05) is 35.2 Å². The Bertz CT molecular complexity index is 941. The molecule has 0 spiro atoms. The molecule has 2 aromatic rings. The summed E-state index contributed by atoms with van der Waals surface area (Å²) in [7, 11) is 1.70. The Balaban J connectivity index is 1.96. The smallest absolute Gasteiger partial charge is 0.181 e. The Morgan fingerprint density at radius 2 is 1.86 bits per heavy atom. The van der Waals surface area contributed by atoms with E-state index < -0.39 is 0 Å². The molecule has 3 heterocycles. The first-order valence-electron chi connectivity index (χ1n) is 10.0. The number of pyridine rings is 1. The van der Waals surface area contributed by atoms with E-state index >= 15 is 0 Å². The Morgan fingerprint density at radius 1 is 1.18 bits per heavy atom. The summed E-state index contributed by atoms with van der Waals surface area (Å²) >= 11 is 0. The standard InChI is InChI=1S/C23H28N2O3/c1-6-23(7-2)14-17-19-16(12-18(27-5)21(17)28-23)13-22(3,4)24-20(19)15-8-10-25(26)11-9-15/h8-12H,6-7,13-14H2,1-5H3. The van der Waals surface area contributed by atoms with Crippen molar-refractivity contribution in [2.24, 2.45) is 4.99 Å². The zero-order valence-electron chi connectivity index (χ0n) is 17.3. The monoisotopic (exact) mass is 380 g/mol. The van der Waals surface area contributed by atoms with Gasteiger partial charge in [-0.2, -0.15) is 4.73 Å². The van der Waals surface area contributed by atoms with Crippen molar-refractivity contribution in [2.45, 2.75) is 64.5 Å². The fourth-order valence-electron chi connectivity index (χ4n) is 4.48. The van der Waals surface area contributed by atoms with Crippen LogP contribution in [0.5, 0.6) is 11.5 Å². The van der Waals surface area contributed by atoms with Gasteiger partial charge in [-0.05, 0) is 44.7 Å². The number of nitrogens with zero attached hydrogens (tertiary/aromatic N) is 2. The molecule has 0 fully saturated rings. The van der Waals surface area contributed by atoms with Crippen molar-refractivity contribution in [2.75, 3.05) is 7.11 Å². The van der Waals surface area contributed by atoms with Crippen LogP contribution in [0.1, 0.15) is 62.8 Å². The molecule has 0 N–H and O–H groups in total.